The third-order valence-corrected chi connectivity index (χ3v) is 3.97. The van der Waals surface area contributed by atoms with E-state index >= 15 is 0 Å². The molecule has 1 fully saturated rings. The average molecular weight is 347 g/mol. The van der Waals surface area contributed by atoms with Crippen LogP contribution in [0.25, 0.3) is 0 Å². The molecule has 0 saturated carbocycles. The predicted molar refractivity (Wildman–Crippen MR) is 86.5 cm³/mol. The van der Waals surface area contributed by atoms with Crippen LogP contribution < -0.4 is 15.8 Å². The molecular formula is C15H20Cl2N2O3. The van der Waals surface area contributed by atoms with Crippen molar-refractivity contribution in [3.8, 4) is 5.75 Å². The van der Waals surface area contributed by atoms with E-state index in [-0.39, 0.29) is 18.1 Å². The van der Waals surface area contributed by atoms with Crippen molar-refractivity contribution in [2.75, 3.05) is 19.7 Å². The maximum Gasteiger partial charge on any atom is 0.249 e. The van der Waals surface area contributed by atoms with Gasteiger partial charge in [0.15, 0.2) is 0 Å². The van der Waals surface area contributed by atoms with Gasteiger partial charge in [-0.25, -0.2) is 0 Å². The number of ether oxygens (including phenoxy) is 2. The van der Waals surface area contributed by atoms with E-state index in [1.54, 1.807) is 18.2 Å². The molecule has 5 nitrogen and oxygen atoms in total. The number of hydrogen-bond acceptors (Lipinski definition) is 4. The number of halogens is 2. The van der Waals surface area contributed by atoms with Gasteiger partial charge in [0.05, 0.1) is 17.7 Å². The largest absolute Gasteiger partial charge is 0.492 e. The Morgan fingerprint density at radius 1 is 1.41 bits per heavy atom. The van der Waals surface area contributed by atoms with E-state index in [1.807, 2.05) is 0 Å². The second-order valence-corrected chi connectivity index (χ2v) is 5.97. The first kappa shape index (κ1) is 17.3. The lowest BCUT2D eigenvalue weighted by Gasteiger charge is -2.13. The van der Waals surface area contributed by atoms with Gasteiger partial charge >= 0.3 is 0 Å². The number of nitrogens with two attached hydrogens (primary N) is 1. The molecule has 0 unspecified atom stereocenters. The normalized spacial score (nSPS) is 20.9. The Bertz CT molecular complexity index is 514. The van der Waals surface area contributed by atoms with E-state index in [0.717, 1.165) is 12.8 Å². The van der Waals surface area contributed by atoms with Crippen LogP contribution >= 0.6 is 23.2 Å². The number of amides is 1. The number of nitrogens with one attached hydrogen (secondary N) is 1. The molecule has 7 heteroatoms. The summed E-state index contributed by atoms with van der Waals surface area (Å²) in [6, 6.07) is 5.07. The third-order valence-electron chi connectivity index (χ3n) is 3.43. The minimum atomic E-state index is -0.375. The molecule has 3 N–H and O–H groups in total. The number of rotatable bonds is 7. The zero-order valence-corrected chi connectivity index (χ0v) is 13.7. The van der Waals surface area contributed by atoms with Crippen LogP contribution in [0.1, 0.15) is 19.3 Å². The van der Waals surface area contributed by atoms with Gasteiger partial charge < -0.3 is 20.5 Å². The second-order valence-electron chi connectivity index (χ2n) is 5.13. The molecule has 2 rings (SSSR count). The van der Waals surface area contributed by atoms with Crippen LogP contribution in [-0.4, -0.2) is 37.8 Å². The van der Waals surface area contributed by atoms with E-state index < -0.39 is 0 Å². The van der Waals surface area contributed by atoms with E-state index in [0.29, 0.717) is 41.9 Å². The Balaban J connectivity index is 1.62. The van der Waals surface area contributed by atoms with Crippen LogP contribution in [0.3, 0.4) is 0 Å². The summed E-state index contributed by atoms with van der Waals surface area (Å²) >= 11 is 11.8. The van der Waals surface area contributed by atoms with E-state index in [9.17, 15) is 4.79 Å². The molecule has 1 aliphatic rings. The summed E-state index contributed by atoms with van der Waals surface area (Å²) in [4.78, 5) is 11.9. The first-order valence-electron chi connectivity index (χ1n) is 7.31. The fraction of sp³-hybridized carbons (Fsp3) is 0.533. The van der Waals surface area contributed by atoms with Crippen molar-refractivity contribution < 1.29 is 14.3 Å². The molecule has 122 valence electrons. The number of carbonyl (C=O) groups excluding carboxylic acids is 1. The highest BCUT2D eigenvalue weighted by molar-refractivity contribution is 6.35. The molecule has 22 heavy (non-hydrogen) atoms. The molecule has 1 aliphatic heterocycles. The van der Waals surface area contributed by atoms with Gasteiger partial charge in [-0.1, -0.05) is 23.2 Å². The van der Waals surface area contributed by atoms with Crippen LogP contribution in [0.15, 0.2) is 18.2 Å². The van der Waals surface area contributed by atoms with Gasteiger partial charge in [0, 0.05) is 18.1 Å². The van der Waals surface area contributed by atoms with Crippen molar-refractivity contribution in [2.24, 2.45) is 5.73 Å². The van der Waals surface area contributed by atoms with E-state index in [4.69, 9.17) is 38.4 Å². The average Bonchev–Trinajstić information content (AvgIpc) is 2.97. The monoisotopic (exact) mass is 346 g/mol. The zero-order valence-electron chi connectivity index (χ0n) is 12.2. The van der Waals surface area contributed by atoms with Crippen LogP contribution in [-0.2, 0) is 9.53 Å². The van der Waals surface area contributed by atoms with Gasteiger partial charge in [-0.2, -0.15) is 0 Å². The van der Waals surface area contributed by atoms with Crippen molar-refractivity contribution in [1.82, 2.24) is 5.32 Å². The van der Waals surface area contributed by atoms with Gasteiger partial charge in [-0.05, 0) is 37.5 Å². The lowest BCUT2D eigenvalue weighted by atomic mass is 10.2. The number of carbonyl (C=O) groups is 1. The van der Waals surface area contributed by atoms with Gasteiger partial charge in [0.1, 0.15) is 11.9 Å². The first-order valence-corrected chi connectivity index (χ1v) is 8.07. The molecule has 0 aliphatic carbocycles. The lowest BCUT2D eigenvalue weighted by Crippen LogP contribution is -2.36. The summed E-state index contributed by atoms with van der Waals surface area (Å²) in [5, 5.41) is 3.88. The van der Waals surface area contributed by atoms with Crippen LogP contribution in [0.2, 0.25) is 10.0 Å². The maximum absolute atomic E-state index is 11.9. The Hall–Kier alpha value is -1.01. The maximum atomic E-state index is 11.9. The highest BCUT2D eigenvalue weighted by Gasteiger charge is 2.29. The Morgan fingerprint density at radius 3 is 2.91 bits per heavy atom. The van der Waals surface area contributed by atoms with Crippen molar-refractivity contribution in [2.45, 2.75) is 31.5 Å². The van der Waals surface area contributed by atoms with Crippen molar-refractivity contribution in [1.29, 1.82) is 0 Å². The lowest BCUT2D eigenvalue weighted by molar-refractivity contribution is -0.131. The van der Waals surface area contributed by atoms with Gasteiger partial charge in [0.25, 0.3) is 0 Å². The highest BCUT2D eigenvalue weighted by atomic mass is 35.5. The summed E-state index contributed by atoms with van der Waals surface area (Å²) in [6.07, 6.45) is 1.88. The first-order chi connectivity index (χ1) is 10.6. The Morgan fingerprint density at radius 2 is 2.23 bits per heavy atom. The highest BCUT2D eigenvalue weighted by Crippen LogP contribution is 2.27. The molecule has 1 heterocycles. The smallest absolute Gasteiger partial charge is 0.249 e. The molecule has 0 spiro atoms. The minimum absolute atomic E-state index is 0.00568. The van der Waals surface area contributed by atoms with Gasteiger partial charge in [0.2, 0.25) is 5.91 Å². The Labute approximate surface area is 140 Å². The third kappa shape index (κ3) is 5.02. The molecule has 1 saturated heterocycles. The van der Waals surface area contributed by atoms with Crippen molar-refractivity contribution >= 4 is 29.1 Å². The molecule has 1 aromatic rings. The van der Waals surface area contributed by atoms with Gasteiger partial charge in [-0.3, -0.25) is 4.79 Å². The summed E-state index contributed by atoms with van der Waals surface area (Å²) in [6.45, 7) is 1.44. The molecule has 2 atom stereocenters. The molecule has 0 aromatic heterocycles. The number of hydrogen-bond donors (Lipinski definition) is 2. The summed E-state index contributed by atoms with van der Waals surface area (Å²) in [5.74, 6) is 0.503. The minimum Gasteiger partial charge on any atom is -0.492 e. The number of benzene rings is 1. The molecule has 1 amide bonds. The fourth-order valence-corrected chi connectivity index (χ4v) is 2.71. The van der Waals surface area contributed by atoms with Crippen molar-refractivity contribution in [3.63, 3.8) is 0 Å². The molecule has 1 aromatic carbocycles. The summed E-state index contributed by atoms with van der Waals surface area (Å²) in [7, 11) is 0. The second kappa shape index (κ2) is 8.58. The fourth-order valence-electron chi connectivity index (χ4n) is 2.24. The van der Waals surface area contributed by atoms with Crippen LogP contribution in [0.4, 0.5) is 0 Å². The summed E-state index contributed by atoms with van der Waals surface area (Å²) in [5.41, 5.74) is 5.52. The van der Waals surface area contributed by atoms with Crippen LogP contribution in [0, 0.1) is 0 Å². The quantitative estimate of drug-likeness (QED) is 0.743. The molecular weight excluding hydrogens is 327 g/mol. The predicted octanol–water partition coefficient (Wildman–Crippen LogP) is 2.38. The topological polar surface area (TPSA) is 73.6 Å². The molecule has 0 bridgehead atoms. The standard InChI is InChI=1S/C15H20Cl2N2O3/c16-10-2-4-13(12(17)8-10)21-7-1-6-19-15(20)14-5-3-11(9-18)22-14/h2,4,8,11,14H,1,3,5-7,9,18H2,(H,19,20)/t11-,14+/m1/s1. The van der Waals surface area contributed by atoms with Gasteiger partial charge in [-0.15, -0.1) is 0 Å². The zero-order chi connectivity index (χ0) is 15.9. The Kier molecular flexibility index (Phi) is 6.76. The molecule has 0 radical (unpaired) electrons. The van der Waals surface area contributed by atoms with Crippen molar-refractivity contribution in [3.05, 3.63) is 28.2 Å². The van der Waals surface area contributed by atoms with E-state index in [1.165, 1.54) is 0 Å². The van der Waals surface area contributed by atoms with Crippen LogP contribution in [0.5, 0.6) is 5.75 Å². The van der Waals surface area contributed by atoms with E-state index in [2.05, 4.69) is 5.32 Å². The SMILES string of the molecule is NC[C@H]1CC[C@@H](C(=O)NCCCOc2ccc(Cl)cc2Cl)O1. The summed E-state index contributed by atoms with van der Waals surface area (Å²) < 4.78 is 11.1.